The predicted octanol–water partition coefficient (Wildman–Crippen LogP) is 4.01. The number of anilines is 1. The van der Waals surface area contributed by atoms with Crippen molar-refractivity contribution in [2.24, 2.45) is 0 Å². The summed E-state index contributed by atoms with van der Waals surface area (Å²) in [6, 6.07) is 20.8. The van der Waals surface area contributed by atoms with E-state index in [2.05, 4.69) is 10.6 Å². The smallest absolute Gasteiger partial charge is 0.272 e. The molecule has 0 fully saturated rings. The van der Waals surface area contributed by atoms with Crippen LogP contribution in [0.2, 0.25) is 0 Å². The highest BCUT2D eigenvalue weighted by Crippen LogP contribution is 2.17. The maximum Gasteiger partial charge on any atom is 0.272 e. The first-order chi connectivity index (χ1) is 15.0. The van der Waals surface area contributed by atoms with Crippen LogP contribution in [0, 0.1) is 10.1 Å². The van der Waals surface area contributed by atoms with E-state index in [0.29, 0.717) is 22.6 Å². The van der Waals surface area contributed by atoms with Gasteiger partial charge >= 0.3 is 0 Å². The number of rotatable bonds is 7. The van der Waals surface area contributed by atoms with Crippen molar-refractivity contribution in [3.8, 4) is 5.75 Å². The van der Waals surface area contributed by atoms with Crippen LogP contribution in [-0.2, 0) is 4.79 Å². The number of nitro groups is 1. The van der Waals surface area contributed by atoms with Gasteiger partial charge in [-0.25, -0.2) is 0 Å². The number of nitrogens with one attached hydrogen (secondary N) is 2. The first-order valence-corrected chi connectivity index (χ1v) is 9.24. The number of ether oxygens (including phenoxy) is 1. The van der Waals surface area contributed by atoms with Gasteiger partial charge in [-0.2, -0.15) is 0 Å². The second-order valence-electron chi connectivity index (χ2n) is 6.41. The first-order valence-electron chi connectivity index (χ1n) is 9.24. The number of non-ortho nitro benzene ring substituents is 1. The average molecular weight is 417 g/mol. The van der Waals surface area contributed by atoms with Gasteiger partial charge in [-0.1, -0.05) is 30.3 Å². The van der Waals surface area contributed by atoms with Crippen molar-refractivity contribution < 1.29 is 19.2 Å². The molecule has 31 heavy (non-hydrogen) atoms. The Bertz CT molecular complexity index is 1110. The number of nitro benzene ring substituents is 1. The summed E-state index contributed by atoms with van der Waals surface area (Å²) >= 11 is 0. The van der Waals surface area contributed by atoms with E-state index in [0.717, 1.165) is 0 Å². The van der Waals surface area contributed by atoms with Crippen molar-refractivity contribution in [1.82, 2.24) is 5.32 Å². The van der Waals surface area contributed by atoms with Crippen LogP contribution in [0.3, 0.4) is 0 Å². The van der Waals surface area contributed by atoms with E-state index < -0.39 is 16.7 Å². The number of carbonyl (C=O) groups excluding carboxylic acids is 2. The molecule has 0 bridgehead atoms. The number of hydrogen-bond acceptors (Lipinski definition) is 5. The van der Waals surface area contributed by atoms with Gasteiger partial charge in [-0.05, 0) is 48.0 Å². The monoisotopic (exact) mass is 417 g/mol. The van der Waals surface area contributed by atoms with Gasteiger partial charge in [0.25, 0.3) is 17.5 Å². The molecule has 0 atom stereocenters. The van der Waals surface area contributed by atoms with Gasteiger partial charge < -0.3 is 15.4 Å². The molecule has 3 aromatic rings. The molecule has 0 aromatic heterocycles. The van der Waals surface area contributed by atoms with Crippen LogP contribution in [0.1, 0.15) is 15.9 Å². The Morgan fingerprint density at radius 1 is 0.935 bits per heavy atom. The van der Waals surface area contributed by atoms with Crippen LogP contribution >= 0.6 is 0 Å². The molecular weight excluding hydrogens is 398 g/mol. The molecule has 0 unspecified atom stereocenters. The molecule has 2 N–H and O–H groups in total. The van der Waals surface area contributed by atoms with Crippen LogP contribution in [0.4, 0.5) is 11.4 Å². The Labute approximate surface area is 178 Å². The fraction of sp³-hybridized carbons (Fsp3) is 0.0435. The second kappa shape index (κ2) is 9.84. The molecule has 156 valence electrons. The molecule has 0 aliphatic rings. The minimum atomic E-state index is -0.575. The summed E-state index contributed by atoms with van der Waals surface area (Å²) in [6.45, 7) is 0. The Morgan fingerprint density at radius 3 is 2.16 bits per heavy atom. The Morgan fingerprint density at radius 2 is 1.58 bits per heavy atom. The number of amides is 2. The van der Waals surface area contributed by atoms with E-state index in [9.17, 15) is 19.7 Å². The molecule has 0 heterocycles. The number of benzene rings is 3. The van der Waals surface area contributed by atoms with Crippen molar-refractivity contribution in [2.45, 2.75) is 0 Å². The third kappa shape index (κ3) is 5.77. The van der Waals surface area contributed by atoms with Crippen LogP contribution in [0.25, 0.3) is 6.08 Å². The Hall–Kier alpha value is -4.46. The van der Waals surface area contributed by atoms with E-state index in [1.165, 1.54) is 30.3 Å². The molecule has 0 saturated carbocycles. The summed E-state index contributed by atoms with van der Waals surface area (Å²) in [7, 11) is 1.55. The zero-order chi connectivity index (χ0) is 22.2. The van der Waals surface area contributed by atoms with E-state index in [1.54, 1.807) is 61.7 Å². The van der Waals surface area contributed by atoms with E-state index in [1.807, 2.05) is 0 Å². The number of carbonyl (C=O) groups is 2. The largest absolute Gasteiger partial charge is 0.497 e. The maximum atomic E-state index is 12.9. The lowest BCUT2D eigenvalue weighted by molar-refractivity contribution is -0.384. The standard InChI is InChI=1S/C23H19N3O5/c1-31-20-13-7-16(8-14-20)15-21(25-22(27)17-5-3-2-4-6-17)23(28)24-18-9-11-19(12-10-18)26(29)30/h2-15H,1H3,(H,24,28)(H,25,27). The first kappa shape index (κ1) is 21.3. The highest BCUT2D eigenvalue weighted by molar-refractivity contribution is 6.10. The summed E-state index contributed by atoms with van der Waals surface area (Å²) < 4.78 is 5.13. The van der Waals surface area contributed by atoms with Crippen molar-refractivity contribution in [1.29, 1.82) is 0 Å². The highest BCUT2D eigenvalue weighted by Gasteiger charge is 2.15. The molecule has 0 spiro atoms. The van der Waals surface area contributed by atoms with Crippen molar-refractivity contribution in [3.05, 3.63) is 106 Å². The Kier molecular flexibility index (Phi) is 6.74. The zero-order valence-electron chi connectivity index (χ0n) is 16.6. The van der Waals surface area contributed by atoms with Gasteiger partial charge in [-0.3, -0.25) is 19.7 Å². The molecule has 0 aliphatic carbocycles. The third-order valence-electron chi connectivity index (χ3n) is 4.29. The maximum absolute atomic E-state index is 12.9. The van der Waals surface area contributed by atoms with Gasteiger partial charge in [0.2, 0.25) is 0 Å². The SMILES string of the molecule is COc1ccc(C=C(NC(=O)c2ccccc2)C(=O)Nc2ccc([N+](=O)[O-])cc2)cc1. The number of hydrogen-bond donors (Lipinski definition) is 2. The van der Waals surface area contributed by atoms with Gasteiger partial charge in [-0.15, -0.1) is 0 Å². The molecule has 3 rings (SSSR count). The molecule has 8 heteroatoms. The molecule has 0 saturated heterocycles. The summed E-state index contributed by atoms with van der Waals surface area (Å²) in [5.74, 6) is -0.365. The lowest BCUT2D eigenvalue weighted by atomic mass is 10.1. The van der Waals surface area contributed by atoms with Crippen LogP contribution in [-0.4, -0.2) is 23.8 Å². The second-order valence-corrected chi connectivity index (χ2v) is 6.41. The molecule has 0 aliphatic heterocycles. The quantitative estimate of drug-likeness (QED) is 0.343. The van der Waals surface area contributed by atoms with Gasteiger partial charge in [0.15, 0.2) is 0 Å². The molecular formula is C23H19N3O5. The third-order valence-corrected chi connectivity index (χ3v) is 4.29. The van der Waals surface area contributed by atoms with Crippen LogP contribution in [0.15, 0.2) is 84.6 Å². The number of methoxy groups -OCH3 is 1. The van der Waals surface area contributed by atoms with Gasteiger partial charge in [0, 0.05) is 23.4 Å². The highest BCUT2D eigenvalue weighted by atomic mass is 16.6. The van der Waals surface area contributed by atoms with E-state index in [-0.39, 0.29) is 11.4 Å². The van der Waals surface area contributed by atoms with Gasteiger partial charge in [0.1, 0.15) is 11.4 Å². The van der Waals surface area contributed by atoms with Gasteiger partial charge in [0.05, 0.1) is 12.0 Å². The normalized spacial score (nSPS) is 10.8. The molecule has 8 nitrogen and oxygen atoms in total. The number of nitrogens with zero attached hydrogens (tertiary/aromatic N) is 1. The van der Waals surface area contributed by atoms with Crippen LogP contribution < -0.4 is 15.4 Å². The lowest BCUT2D eigenvalue weighted by Gasteiger charge is -2.11. The summed E-state index contributed by atoms with van der Waals surface area (Å²) in [6.07, 6.45) is 1.53. The topological polar surface area (TPSA) is 111 Å². The van der Waals surface area contributed by atoms with E-state index >= 15 is 0 Å². The van der Waals surface area contributed by atoms with Crippen molar-refractivity contribution >= 4 is 29.3 Å². The minimum absolute atomic E-state index is 0.0115. The summed E-state index contributed by atoms with van der Waals surface area (Å²) in [5, 5.41) is 16.1. The Balaban J connectivity index is 1.86. The lowest BCUT2D eigenvalue weighted by Crippen LogP contribution is -2.30. The molecule has 2 amide bonds. The van der Waals surface area contributed by atoms with E-state index in [4.69, 9.17) is 4.74 Å². The van der Waals surface area contributed by atoms with Crippen molar-refractivity contribution in [2.75, 3.05) is 12.4 Å². The fourth-order valence-corrected chi connectivity index (χ4v) is 2.67. The summed E-state index contributed by atoms with van der Waals surface area (Å²) in [4.78, 5) is 35.7. The molecule has 3 aromatic carbocycles. The fourth-order valence-electron chi connectivity index (χ4n) is 2.67. The van der Waals surface area contributed by atoms with Crippen LogP contribution in [0.5, 0.6) is 5.75 Å². The average Bonchev–Trinajstić information content (AvgIpc) is 2.80. The molecule has 0 radical (unpaired) electrons. The zero-order valence-corrected chi connectivity index (χ0v) is 16.6. The predicted molar refractivity (Wildman–Crippen MR) is 117 cm³/mol. The summed E-state index contributed by atoms with van der Waals surface area (Å²) in [5.41, 5.74) is 1.33. The van der Waals surface area contributed by atoms with Crippen molar-refractivity contribution in [3.63, 3.8) is 0 Å². The minimum Gasteiger partial charge on any atom is -0.497 e.